The van der Waals surface area contributed by atoms with E-state index in [1.54, 1.807) is 0 Å². The van der Waals surface area contributed by atoms with Gasteiger partial charge in [0.15, 0.2) is 0 Å². The van der Waals surface area contributed by atoms with E-state index in [1.165, 1.54) is 88.7 Å². The Balaban J connectivity index is 0.00000283. The van der Waals surface area contributed by atoms with Crippen LogP contribution in [-0.4, -0.2) is 23.0 Å². The van der Waals surface area contributed by atoms with Gasteiger partial charge in [-0.15, -0.1) is 24.8 Å². The molecule has 2 nitrogen and oxygen atoms in total. The smallest absolute Gasteiger partial charge is 0.147 e. The normalized spacial score (nSPS) is 16.6. The van der Waals surface area contributed by atoms with E-state index >= 15 is 0 Å². The molecular weight excluding hydrogens is 879 g/mol. The van der Waals surface area contributed by atoms with Crippen molar-refractivity contribution in [1.82, 2.24) is 0 Å². The van der Waals surface area contributed by atoms with E-state index in [9.17, 15) is 0 Å². The van der Waals surface area contributed by atoms with E-state index in [1.807, 2.05) is 0 Å². The fourth-order valence-corrected chi connectivity index (χ4v) is 30.3. The molecular formula is C50H60Cl2O2Si3Zr. The molecule has 0 fully saturated rings. The van der Waals surface area contributed by atoms with Crippen LogP contribution in [0, 0.1) is 27.7 Å². The average Bonchev–Trinajstić information content (AvgIpc) is 3.94. The van der Waals surface area contributed by atoms with Gasteiger partial charge < -0.3 is 0 Å². The Morgan fingerprint density at radius 2 is 0.862 bits per heavy atom. The molecule has 2 aromatic heterocycles. The van der Waals surface area contributed by atoms with Crippen LogP contribution in [0.25, 0.3) is 45.6 Å². The van der Waals surface area contributed by atoms with E-state index in [0.29, 0.717) is 0 Å². The van der Waals surface area contributed by atoms with Gasteiger partial charge >= 0.3 is 342 Å². The van der Waals surface area contributed by atoms with Gasteiger partial charge in [-0.3, -0.25) is 0 Å². The summed E-state index contributed by atoms with van der Waals surface area (Å²) < 4.78 is 20.0. The van der Waals surface area contributed by atoms with Crippen LogP contribution in [0.1, 0.15) is 63.3 Å². The van der Waals surface area contributed by atoms with Crippen molar-refractivity contribution >= 4 is 81.9 Å². The number of benzene rings is 4. The predicted molar refractivity (Wildman–Crippen MR) is 262 cm³/mol. The van der Waals surface area contributed by atoms with E-state index in [2.05, 4.69) is 192 Å². The zero-order chi connectivity index (χ0) is 40.1. The fourth-order valence-electron chi connectivity index (χ4n) is 9.91. The third kappa shape index (κ3) is 7.43. The molecule has 2 aliphatic carbocycles. The van der Waals surface area contributed by atoms with Crippen molar-refractivity contribution in [3.8, 4) is 22.3 Å². The summed E-state index contributed by atoms with van der Waals surface area (Å²) in [6.07, 6.45) is 5.09. The largest absolute Gasteiger partial charge is 0.147 e. The molecule has 58 heavy (non-hydrogen) atoms. The van der Waals surface area contributed by atoms with Gasteiger partial charge in [0, 0.05) is 0 Å². The predicted octanol–water partition coefficient (Wildman–Crippen LogP) is 13.6. The van der Waals surface area contributed by atoms with Crippen LogP contribution in [0.2, 0.25) is 48.5 Å². The van der Waals surface area contributed by atoms with Gasteiger partial charge in [0.25, 0.3) is 0 Å². The average molecular weight is 939 g/mol. The minimum atomic E-state index is -4.28. The summed E-state index contributed by atoms with van der Waals surface area (Å²) in [5.74, 6) is 2.09. The first-order chi connectivity index (χ1) is 26.2. The van der Waals surface area contributed by atoms with Crippen LogP contribution in [-0.2, 0) is 17.4 Å². The molecule has 8 rings (SSSR count). The number of hydrogen-bond donors (Lipinski definition) is 0. The molecule has 0 saturated carbocycles. The van der Waals surface area contributed by atoms with E-state index in [-0.39, 0.29) is 32.1 Å². The second-order valence-electron chi connectivity index (χ2n) is 20.0. The van der Waals surface area contributed by atoms with Crippen molar-refractivity contribution in [2.75, 3.05) is 0 Å². The van der Waals surface area contributed by atoms with Crippen LogP contribution >= 0.6 is 24.8 Å². The summed E-state index contributed by atoms with van der Waals surface area (Å²) in [4.78, 5) is 0. The molecule has 4 aromatic carbocycles. The number of rotatable bonds is 8. The number of aryl methyl sites for hydroxylation is 2. The van der Waals surface area contributed by atoms with Crippen molar-refractivity contribution in [3.05, 3.63) is 153 Å². The standard InChI is InChI=1S/2C24H25OSi.2CH3.2ClH.H2Si.Zr/c2*1-16-13-19-14-20(22-11-12-23(25-22)26(3,4)5)15-21(19)24(17(16)2)18-9-7-6-8-10-18;;;;;;/h2*6-15H,1-5H3;2*1H3;2*1H;1H2;. The molecule has 2 atom stereocenters. The number of halogens is 2. The molecule has 2 aliphatic rings. The molecule has 0 aliphatic heterocycles. The Morgan fingerprint density at radius 3 is 1.17 bits per heavy atom. The molecule has 0 amide bonds. The van der Waals surface area contributed by atoms with Crippen LogP contribution in [0.15, 0.2) is 106 Å². The van der Waals surface area contributed by atoms with Gasteiger partial charge in [0.2, 0.25) is 0 Å². The van der Waals surface area contributed by atoms with Crippen LogP contribution in [0.4, 0.5) is 0 Å². The molecule has 2 unspecified atom stereocenters. The fraction of sp³-hybridized carbons (Fsp3) is 0.280. The van der Waals surface area contributed by atoms with Gasteiger partial charge in [-0.05, 0) is 0 Å². The van der Waals surface area contributed by atoms with Crippen molar-refractivity contribution in [2.24, 2.45) is 0 Å². The first-order valence-electron chi connectivity index (χ1n) is 20.4. The summed E-state index contributed by atoms with van der Waals surface area (Å²) in [6.45, 7) is 26.0. The van der Waals surface area contributed by atoms with E-state index in [0.717, 1.165) is 11.5 Å². The maximum absolute atomic E-state index is 7.04. The van der Waals surface area contributed by atoms with Crippen LogP contribution < -0.4 is 10.8 Å². The summed E-state index contributed by atoms with van der Waals surface area (Å²) in [6, 6.07) is 36.4. The second-order valence-corrected chi connectivity index (χ2v) is 60.4. The maximum atomic E-state index is 7.04. The number of fused-ring (bicyclic) bond motifs is 2. The van der Waals surface area contributed by atoms with Crippen molar-refractivity contribution in [2.45, 2.75) is 83.5 Å². The van der Waals surface area contributed by atoms with Crippen molar-refractivity contribution in [1.29, 1.82) is 0 Å². The number of allylic oxidation sites excluding steroid dienone is 2. The van der Waals surface area contributed by atoms with Gasteiger partial charge in [-0.2, -0.15) is 0 Å². The Labute approximate surface area is 364 Å². The molecule has 0 saturated heterocycles. The Morgan fingerprint density at radius 1 is 0.517 bits per heavy atom. The van der Waals surface area contributed by atoms with Crippen molar-refractivity contribution < 1.29 is 26.2 Å². The third-order valence-electron chi connectivity index (χ3n) is 13.0. The Hall–Kier alpha value is -2.97. The third-order valence-corrected chi connectivity index (χ3v) is 33.7. The molecule has 0 radical (unpaired) electrons. The van der Waals surface area contributed by atoms with Crippen LogP contribution in [0.3, 0.4) is 0 Å². The molecule has 302 valence electrons. The monoisotopic (exact) mass is 936 g/mol. The summed E-state index contributed by atoms with van der Waals surface area (Å²) >= 11 is -4.28. The summed E-state index contributed by atoms with van der Waals surface area (Å²) in [5.41, 5.74) is 19.1. The van der Waals surface area contributed by atoms with E-state index in [4.69, 9.17) is 8.83 Å². The topological polar surface area (TPSA) is 26.3 Å². The molecule has 0 N–H and O–H groups in total. The number of hydrogen-bond acceptors (Lipinski definition) is 2. The molecule has 0 spiro atoms. The Kier molecular flexibility index (Phi) is 11.9. The zero-order valence-electron chi connectivity index (χ0n) is 36.4. The van der Waals surface area contributed by atoms with Gasteiger partial charge in [-0.25, -0.2) is 0 Å². The van der Waals surface area contributed by atoms with E-state index < -0.39 is 33.5 Å². The molecule has 2 heterocycles. The first-order valence-corrected chi connectivity index (χ1v) is 41.0. The maximum Gasteiger partial charge on any atom is -0.147 e. The minimum absolute atomic E-state index is 0. The zero-order valence-corrected chi connectivity index (χ0v) is 43.9. The summed E-state index contributed by atoms with van der Waals surface area (Å²) in [7, 11) is -3.39. The number of furan rings is 2. The van der Waals surface area contributed by atoms with Crippen LogP contribution in [0.5, 0.6) is 0 Å². The summed E-state index contributed by atoms with van der Waals surface area (Å²) in [5, 5.41) is 2.33. The molecule has 8 heteroatoms. The SMILES string of the molecule is Cc1cc2c(c(-c3ccccc3)c1C)C=C(c1ccc([Si](C)(C)C)o1)[CH]2[Zr]([CH3])([CH3])(=[SiH2])[CH]1C(c2ccc([Si](C)(C)C)o2)=Cc2c1cc(C)c(C)c2-c1ccccc1.Cl.Cl. The molecule has 6 aromatic rings. The quantitative estimate of drug-likeness (QED) is 0.142. The van der Waals surface area contributed by atoms with Gasteiger partial charge in [-0.1, -0.05) is 0 Å². The minimum Gasteiger partial charge on any atom is -0.147 e. The van der Waals surface area contributed by atoms with Gasteiger partial charge in [0.1, 0.15) is 0 Å². The first kappa shape index (κ1) is 44.6. The second kappa shape index (κ2) is 15.5. The molecule has 0 bridgehead atoms. The van der Waals surface area contributed by atoms with Crippen molar-refractivity contribution in [3.63, 3.8) is 0 Å². The van der Waals surface area contributed by atoms with Gasteiger partial charge in [0.05, 0.1) is 0 Å². The Bertz CT molecular complexity index is 2500.